The van der Waals surface area contributed by atoms with Gasteiger partial charge >= 0.3 is 0 Å². The minimum Gasteiger partial charge on any atom is -0.491 e. The Morgan fingerprint density at radius 2 is 1.83 bits per heavy atom. The molecule has 0 N–H and O–H groups in total. The SMILES string of the molecule is CCCCCCCCc1cccc(OCC[O])c1. The molecule has 1 rings (SSSR count). The van der Waals surface area contributed by atoms with Crippen molar-refractivity contribution in [2.24, 2.45) is 0 Å². The van der Waals surface area contributed by atoms with Crippen molar-refractivity contribution >= 4 is 0 Å². The molecule has 0 aliphatic rings. The van der Waals surface area contributed by atoms with Crippen molar-refractivity contribution in [3.8, 4) is 5.75 Å². The zero-order chi connectivity index (χ0) is 13.1. The van der Waals surface area contributed by atoms with Crippen molar-refractivity contribution in [3.63, 3.8) is 0 Å². The molecule has 0 heterocycles. The molecule has 101 valence electrons. The maximum atomic E-state index is 10.4. The van der Waals surface area contributed by atoms with Crippen molar-refractivity contribution in [2.45, 2.75) is 51.9 Å². The third-order valence-corrected chi connectivity index (χ3v) is 3.07. The molecule has 1 aromatic rings. The van der Waals surface area contributed by atoms with Crippen LogP contribution >= 0.6 is 0 Å². The van der Waals surface area contributed by atoms with E-state index in [1.807, 2.05) is 12.1 Å². The van der Waals surface area contributed by atoms with E-state index in [1.54, 1.807) is 0 Å². The number of hydrogen-bond acceptors (Lipinski definition) is 1. The Bertz CT molecular complexity index is 310. The number of aryl methyl sites for hydroxylation is 1. The van der Waals surface area contributed by atoms with E-state index in [4.69, 9.17) is 4.74 Å². The first kappa shape index (κ1) is 15.0. The molecule has 0 saturated carbocycles. The van der Waals surface area contributed by atoms with Crippen molar-refractivity contribution in [2.75, 3.05) is 13.2 Å². The minimum atomic E-state index is -0.179. The Kier molecular flexibility index (Phi) is 8.32. The van der Waals surface area contributed by atoms with E-state index in [2.05, 4.69) is 19.1 Å². The van der Waals surface area contributed by atoms with Crippen LogP contribution in [0.25, 0.3) is 0 Å². The third-order valence-electron chi connectivity index (χ3n) is 3.07. The van der Waals surface area contributed by atoms with Crippen LogP contribution in [0.2, 0.25) is 0 Å². The molecule has 2 heteroatoms. The van der Waals surface area contributed by atoms with Crippen LogP contribution in [-0.4, -0.2) is 13.2 Å². The molecule has 2 nitrogen and oxygen atoms in total. The minimum absolute atomic E-state index is 0.179. The first-order valence-corrected chi connectivity index (χ1v) is 7.16. The molecule has 0 aliphatic carbocycles. The Labute approximate surface area is 111 Å². The maximum absolute atomic E-state index is 10.4. The normalized spacial score (nSPS) is 10.6. The number of unbranched alkanes of at least 4 members (excludes halogenated alkanes) is 5. The molecule has 0 atom stereocenters. The molecule has 0 saturated heterocycles. The highest BCUT2D eigenvalue weighted by Crippen LogP contribution is 2.16. The molecule has 1 radical (unpaired) electrons. The zero-order valence-corrected chi connectivity index (χ0v) is 11.5. The molecule has 18 heavy (non-hydrogen) atoms. The van der Waals surface area contributed by atoms with Crippen LogP contribution in [-0.2, 0) is 11.5 Å². The second-order valence-electron chi connectivity index (χ2n) is 4.72. The summed E-state index contributed by atoms with van der Waals surface area (Å²) in [6, 6.07) is 8.12. The first-order chi connectivity index (χ1) is 8.86. The predicted octanol–water partition coefficient (Wildman–Crippen LogP) is 4.40. The molecule has 0 unspecified atom stereocenters. The number of hydrogen-bond donors (Lipinski definition) is 0. The topological polar surface area (TPSA) is 29.1 Å². The Morgan fingerprint density at radius 3 is 2.61 bits per heavy atom. The lowest BCUT2D eigenvalue weighted by Crippen LogP contribution is -2.00. The second kappa shape index (κ2) is 9.95. The van der Waals surface area contributed by atoms with Crippen LogP contribution in [0, 0.1) is 0 Å². The van der Waals surface area contributed by atoms with E-state index in [1.165, 1.54) is 44.1 Å². The maximum Gasteiger partial charge on any atom is 0.119 e. The smallest absolute Gasteiger partial charge is 0.119 e. The molecule has 0 amide bonds. The van der Waals surface area contributed by atoms with E-state index in [-0.39, 0.29) is 13.2 Å². The van der Waals surface area contributed by atoms with Gasteiger partial charge in [-0.3, -0.25) is 0 Å². The van der Waals surface area contributed by atoms with Gasteiger partial charge in [0.25, 0.3) is 0 Å². The van der Waals surface area contributed by atoms with E-state index in [0.717, 1.165) is 12.2 Å². The quantitative estimate of drug-likeness (QED) is 0.565. The van der Waals surface area contributed by atoms with Crippen LogP contribution in [0.1, 0.15) is 51.0 Å². The lowest BCUT2D eigenvalue weighted by molar-refractivity contribution is 0.138. The predicted molar refractivity (Wildman–Crippen MR) is 74.6 cm³/mol. The van der Waals surface area contributed by atoms with Gasteiger partial charge in [0.1, 0.15) is 19.0 Å². The van der Waals surface area contributed by atoms with E-state index in [0.29, 0.717) is 0 Å². The summed E-state index contributed by atoms with van der Waals surface area (Å²) >= 11 is 0. The van der Waals surface area contributed by atoms with Crippen molar-refractivity contribution in [1.29, 1.82) is 0 Å². The van der Waals surface area contributed by atoms with Gasteiger partial charge in [-0.2, -0.15) is 0 Å². The van der Waals surface area contributed by atoms with Gasteiger partial charge in [0, 0.05) is 0 Å². The monoisotopic (exact) mass is 249 g/mol. The summed E-state index contributed by atoms with van der Waals surface area (Å²) in [5.41, 5.74) is 1.31. The molecule has 0 bridgehead atoms. The lowest BCUT2D eigenvalue weighted by Gasteiger charge is -2.06. The summed E-state index contributed by atoms with van der Waals surface area (Å²) in [5, 5.41) is 10.4. The van der Waals surface area contributed by atoms with Crippen molar-refractivity contribution < 1.29 is 9.84 Å². The standard InChI is InChI=1S/C16H25O2/c1-2-3-4-5-6-7-9-15-10-8-11-16(14-15)18-13-12-17/h8,10-11,14H,2-7,9,12-13H2,1H3. The molecule has 0 aliphatic heterocycles. The van der Waals surface area contributed by atoms with Gasteiger partial charge in [-0.15, -0.1) is 0 Å². The highest BCUT2D eigenvalue weighted by Gasteiger charge is 1.97. The van der Waals surface area contributed by atoms with Crippen molar-refractivity contribution in [3.05, 3.63) is 29.8 Å². The Hall–Kier alpha value is -1.02. The molecule has 0 aromatic heterocycles. The second-order valence-corrected chi connectivity index (χ2v) is 4.72. The number of rotatable bonds is 10. The number of ether oxygens (including phenoxy) is 1. The fourth-order valence-electron chi connectivity index (χ4n) is 2.06. The number of benzene rings is 1. The van der Waals surface area contributed by atoms with E-state index in [9.17, 15) is 5.11 Å². The average Bonchev–Trinajstić information content (AvgIpc) is 2.41. The highest BCUT2D eigenvalue weighted by atomic mass is 16.5. The van der Waals surface area contributed by atoms with Gasteiger partial charge in [-0.25, -0.2) is 5.11 Å². The molecule has 0 spiro atoms. The summed E-state index contributed by atoms with van der Waals surface area (Å²) in [5.74, 6) is 0.828. The van der Waals surface area contributed by atoms with E-state index >= 15 is 0 Å². The van der Waals surface area contributed by atoms with Crippen LogP contribution in [0.5, 0.6) is 5.75 Å². The summed E-state index contributed by atoms with van der Waals surface area (Å²) in [6.45, 7) is 2.33. The Morgan fingerprint density at radius 1 is 1.06 bits per heavy atom. The van der Waals surface area contributed by atoms with Gasteiger partial charge < -0.3 is 4.74 Å². The van der Waals surface area contributed by atoms with Crippen molar-refractivity contribution in [1.82, 2.24) is 0 Å². The average molecular weight is 249 g/mol. The molecular weight excluding hydrogens is 224 g/mol. The largest absolute Gasteiger partial charge is 0.491 e. The third kappa shape index (κ3) is 6.65. The molecule has 0 fully saturated rings. The van der Waals surface area contributed by atoms with Gasteiger partial charge in [-0.1, -0.05) is 51.2 Å². The Balaban J connectivity index is 2.20. The van der Waals surface area contributed by atoms with Gasteiger partial charge in [0.05, 0.1) is 0 Å². The summed E-state index contributed by atoms with van der Waals surface area (Å²) < 4.78 is 5.34. The van der Waals surface area contributed by atoms with Crippen LogP contribution < -0.4 is 4.74 Å². The molecular formula is C16H25O2. The fraction of sp³-hybridized carbons (Fsp3) is 0.625. The van der Waals surface area contributed by atoms with Gasteiger partial charge in [0.2, 0.25) is 0 Å². The van der Waals surface area contributed by atoms with Crippen LogP contribution in [0.4, 0.5) is 0 Å². The van der Waals surface area contributed by atoms with Crippen LogP contribution in [0.15, 0.2) is 24.3 Å². The van der Waals surface area contributed by atoms with E-state index < -0.39 is 0 Å². The van der Waals surface area contributed by atoms with Gasteiger partial charge in [0.15, 0.2) is 0 Å². The van der Waals surface area contributed by atoms with Gasteiger partial charge in [-0.05, 0) is 30.5 Å². The summed E-state index contributed by atoms with van der Waals surface area (Å²) in [6.07, 6.45) is 9.04. The first-order valence-electron chi connectivity index (χ1n) is 7.16. The zero-order valence-electron chi connectivity index (χ0n) is 11.5. The fourth-order valence-corrected chi connectivity index (χ4v) is 2.06. The highest BCUT2D eigenvalue weighted by molar-refractivity contribution is 5.28. The lowest BCUT2D eigenvalue weighted by atomic mass is 10.0. The van der Waals surface area contributed by atoms with Crippen LogP contribution in [0.3, 0.4) is 0 Å². The summed E-state index contributed by atoms with van der Waals surface area (Å²) in [7, 11) is 0. The molecule has 1 aromatic carbocycles. The summed E-state index contributed by atoms with van der Waals surface area (Å²) in [4.78, 5) is 0.